The molecule has 0 unspecified atom stereocenters. The van der Waals surface area contributed by atoms with Gasteiger partial charge in [-0.25, -0.2) is 0 Å². The summed E-state index contributed by atoms with van der Waals surface area (Å²) in [6.45, 7) is 3.95. The summed E-state index contributed by atoms with van der Waals surface area (Å²) < 4.78 is 5.55. The van der Waals surface area contributed by atoms with Crippen molar-refractivity contribution in [3.05, 3.63) is 64.6 Å². The number of thioether (sulfide) groups is 1. The largest absolute Gasteiger partial charge is 0.493 e. The zero-order valence-corrected chi connectivity index (χ0v) is 16.4. The SMILES string of the molecule is CCOc1ccccc1/C=C1/SC(=O)N(CC(=O)Nc2cccc(C)c2)C1=O. The number of imide groups is 1. The number of hydrogen-bond donors (Lipinski definition) is 1. The molecule has 0 aliphatic carbocycles. The molecular weight excluding hydrogens is 376 g/mol. The smallest absolute Gasteiger partial charge is 0.294 e. The van der Waals surface area contributed by atoms with Gasteiger partial charge >= 0.3 is 0 Å². The Morgan fingerprint density at radius 1 is 1.18 bits per heavy atom. The highest BCUT2D eigenvalue weighted by molar-refractivity contribution is 8.18. The molecule has 1 saturated heterocycles. The van der Waals surface area contributed by atoms with Crippen molar-refractivity contribution < 1.29 is 19.1 Å². The van der Waals surface area contributed by atoms with E-state index >= 15 is 0 Å². The van der Waals surface area contributed by atoms with Gasteiger partial charge in [0.2, 0.25) is 5.91 Å². The van der Waals surface area contributed by atoms with Crippen LogP contribution in [0.25, 0.3) is 6.08 Å². The fourth-order valence-electron chi connectivity index (χ4n) is 2.73. The Bertz CT molecular complexity index is 955. The van der Waals surface area contributed by atoms with E-state index in [9.17, 15) is 14.4 Å². The number of benzene rings is 2. The average molecular weight is 396 g/mol. The molecule has 3 rings (SSSR count). The summed E-state index contributed by atoms with van der Waals surface area (Å²) in [7, 11) is 0. The van der Waals surface area contributed by atoms with Crippen LogP contribution in [0.2, 0.25) is 0 Å². The van der Waals surface area contributed by atoms with Gasteiger partial charge in [-0.15, -0.1) is 0 Å². The summed E-state index contributed by atoms with van der Waals surface area (Å²) in [5, 5.41) is 2.24. The van der Waals surface area contributed by atoms with E-state index in [-0.39, 0.29) is 11.4 Å². The third kappa shape index (κ3) is 4.61. The van der Waals surface area contributed by atoms with Gasteiger partial charge in [0.05, 0.1) is 11.5 Å². The molecule has 1 N–H and O–H groups in total. The predicted molar refractivity (Wildman–Crippen MR) is 110 cm³/mol. The number of hydrogen-bond acceptors (Lipinski definition) is 5. The average Bonchev–Trinajstić information content (AvgIpc) is 2.91. The number of anilines is 1. The van der Waals surface area contributed by atoms with Crippen LogP contribution in [-0.4, -0.2) is 35.1 Å². The second-order valence-corrected chi connectivity index (χ2v) is 7.15. The topological polar surface area (TPSA) is 75.7 Å². The fourth-order valence-corrected chi connectivity index (χ4v) is 3.56. The maximum atomic E-state index is 12.6. The minimum atomic E-state index is -0.485. The Labute approximate surface area is 167 Å². The molecule has 0 saturated carbocycles. The molecule has 144 valence electrons. The fraction of sp³-hybridized carbons (Fsp3) is 0.190. The molecule has 0 atom stereocenters. The first-order valence-electron chi connectivity index (χ1n) is 8.81. The molecular formula is C21H20N2O4S. The minimum Gasteiger partial charge on any atom is -0.493 e. The third-order valence-electron chi connectivity index (χ3n) is 3.98. The first kappa shape index (κ1) is 19.7. The lowest BCUT2D eigenvalue weighted by Crippen LogP contribution is -2.36. The molecule has 1 heterocycles. The third-order valence-corrected chi connectivity index (χ3v) is 4.89. The number of carbonyl (C=O) groups is 3. The van der Waals surface area contributed by atoms with E-state index in [4.69, 9.17) is 4.74 Å². The van der Waals surface area contributed by atoms with Crippen molar-refractivity contribution in [3.8, 4) is 5.75 Å². The molecule has 2 aromatic rings. The second-order valence-electron chi connectivity index (χ2n) is 6.16. The number of rotatable bonds is 6. The summed E-state index contributed by atoms with van der Waals surface area (Å²) in [6.07, 6.45) is 1.62. The Balaban J connectivity index is 1.72. The minimum absolute atomic E-state index is 0.264. The summed E-state index contributed by atoms with van der Waals surface area (Å²) in [4.78, 5) is 38.4. The van der Waals surface area contributed by atoms with Crippen molar-refractivity contribution in [2.24, 2.45) is 0 Å². The summed E-state index contributed by atoms with van der Waals surface area (Å²) in [5.41, 5.74) is 2.33. The molecule has 2 aromatic carbocycles. The van der Waals surface area contributed by atoms with Crippen LogP contribution in [0, 0.1) is 6.92 Å². The lowest BCUT2D eigenvalue weighted by atomic mass is 10.2. The number of aryl methyl sites for hydroxylation is 1. The van der Waals surface area contributed by atoms with Gasteiger partial charge in [-0.05, 0) is 55.4 Å². The van der Waals surface area contributed by atoms with Crippen LogP contribution in [0.3, 0.4) is 0 Å². The van der Waals surface area contributed by atoms with Crippen molar-refractivity contribution in [1.82, 2.24) is 4.90 Å². The standard InChI is InChI=1S/C21H20N2O4S/c1-3-27-17-10-5-4-8-15(17)12-18-20(25)23(21(26)28-18)13-19(24)22-16-9-6-7-14(2)11-16/h4-12H,3,13H2,1-2H3,(H,22,24)/b18-12+. The van der Waals surface area contributed by atoms with Crippen LogP contribution < -0.4 is 10.1 Å². The van der Waals surface area contributed by atoms with Gasteiger partial charge in [0.1, 0.15) is 12.3 Å². The molecule has 1 aliphatic rings. The van der Waals surface area contributed by atoms with Crippen LogP contribution >= 0.6 is 11.8 Å². The zero-order chi connectivity index (χ0) is 20.1. The number of carbonyl (C=O) groups excluding carboxylic acids is 3. The molecule has 0 aromatic heterocycles. The maximum absolute atomic E-state index is 12.6. The van der Waals surface area contributed by atoms with E-state index in [0.29, 0.717) is 23.6 Å². The van der Waals surface area contributed by atoms with Crippen molar-refractivity contribution >= 4 is 40.6 Å². The number of nitrogens with zero attached hydrogens (tertiary/aromatic N) is 1. The Kier molecular flexibility index (Phi) is 6.16. The van der Waals surface area contributed by atoms with Crippen LogP contribution in [0.1, 0.15) is 18.1 Å². The molecule has 7 heteroatoms. The van der Waals surface area contributed by atoms with Crippen LogP contribution in [0.15, 0.2) is 53.4 Å². The summed E-state index contributed by atoms with van der Waals surface area (Å²) in [5.74, 6) is -0.279. The number of ether oxygens (including phenoxy) is 1. The predicted octanol–water partition coefficient (Wildman–Crippen LogP) is 4.07. The van der Waals surface area contributed by atoms with Gasteiger partial charge in [0, 0.05) is 11.3 Å². The summed E-state index contributed by atoms with van der Waals surface area (Å²) >= 11 is 0.817. The quantitative estimate of drug-likeness (QED) is 0.745. The number of nitrogens with one attached hydrogen (secondary N) is 1. The Morgan fingerprint density at radius 2 is 1.96 bits per heavy atom. The highest BCUT2D eigenvalue weighted by Crippen LogP contribution is 2.33. The van der Waals surface area contributed by atoms with Gasteiger partial charge in [0.25, 0.3) is 11.1 Å². The van der Waals surface area contributed by atoms with Crippen LogP contribution in [-0.2, 0) is 9.59 Å². The zero-order valence-electron chi connectivity index (χ0n) is 15.6. The van der Waals surface area contributed by atoms with Crippen molar-refractivity contribution in [3.63, 3.8) is 0 Å². The van der Waals surface area contributed by atoms with Gasteiger partial charge in [0.15, 0.2) is 0 Å². The van der Waals surface area contributed by atoms with Crippen molar-refractivity contribution in [2.45, 2.75) is 13.8 Å². The molecule has 3 amide bonds. The highest BCUT2D eigenvalue weighted by Gasteiger charge is 2.36. The van der Waals surface area contributed by atoms with Gasteiger partial charge < -0.3 is 10.1 Å². The molecule has 0 radical (unpaired) electrons. The van der Waals surface area contributed by atoms with Crippen LogP contribution in [0.4, 0.5) is 10.5 Å². The molecule has 28 heavy (non-hydrogen) atoms. The first-order chi connectivity index (χ1) is 13.5. The van der Waals surface area contributed by atoms with Crippen molar-refractivity contribution in [1.29, 1.82) is 0 Å². The monoisotopic (exact) mass is 396 g/mol. The molecule has 0 spiro atoms. The van der Waals surface area contributed by atoms with Gasteiger partial charge in [-0.1, -0.05) is 30.3 Å². The van der Waals surface area contributed by atoms with E-state index in [1.54, 1.807) is 18.2 Å². The lowest BCUT2D eigenvalue weighted by molar-refractivity contribution is -0.127. The lowest BCUT2D eigenvalue weighted by Gasteiger charge is -2.12. The van der Waals surface area contributed by atoms with E-state index in [1.165, 1.54) is 0 Å². The number of para-hydroxylation sites is 1. The van der Waals surface area contributed by atoms with E-state index in [1.807, 2.05) is 50.2 Å². The molecule has 1 aliphatic heterocycles. The van der Waals surface area contributed by atoms with Crippen LogP contribution in [0.5, 0.6) is 5.75 Å². The van der Waals surface area contributed by atoms with Gasteiger partial charge in [-0.2, -0.15) is 0 Å². The van der Waals surface area contributed by atoms with Gasteiger partial charge in [-0.3, -0.25) is 19.3 Å². The molecule has 0 bridgehead atoms. The molecule has 1 fully saturated rings. The number of amides is 3. The summed E-state index contributed by atoms with van der Waals surface area (Å²) in [6, 6.07) is 14.6. The first-order valence-corrected chi connectivity index (χ1v) is 9.63. The maximum Gasteiger partial charge on any atom is 0.294 e. The van der Waals surface area contributed by atoms with E-state index in [0.717, 1.165) is 22.2 Å². The second kappa shape index (κ2) is 8.75. The normalized spacial score (nSPS) is 15.2. The van der Waals surface area contributed by atoms with E-state index < -0.39 is 17.1 Å². The Hall–Kier alpha value is -3.06. The Morgan fingerprint density at radius 3 is 2.71 bits per heavy atom. The molecule has 6 nitrogen and oxygen atoms in total. The highest BCUT2D eigenvalue weighted by atomic mass is 32.2. The van der Waals surface area contributed by atoms with Crippen molar-refractivity contribution in [2.75, 3.05) is 18.5 Å². The van der Waals surface area contributed by atoms with E-state index in [2.05, 4.69) is 5.32 Å².